The number of rotatable bonds is 6. The number of fused-ring (bicyclic) bond motifs is 1. The predicted octanol–water partition coefficient (Wildman–Crippen LogP) is 4.49. The minimum absolute atomic E-state index is 0.289. The molecule has 0 saturated carbocycles. The van der Waals surface area contributed by atoms with E-state index in [9.17, 15) is 8.42 Å². The number of halogens is 1. The third-order valence-electron chi connectivity index (χ3n) is 4.14. The molecule has 3 rings (SSSR count). The highest BCUT2D eigenvalue weighted by atomic mass is 79.9. The van der Waals surface area contributed by atoms with E-state index in [-0.39, 0.29) is 6.54 Å². The number of nitrogens with one attached hydrogen (secondary N) is 1. The second-order valence-corrected chi connectivity index (χ2v) is 8.71. The number of alkyl halides is 1. The van der Waals surface area contributed by atoms with E-state index in [1.54, 1.807) is 0 Å². The average Bonchev–Trinajstić information content (AvgIpc) is 2.59. The van der Waals surface area contributed by atoms with E-state index in [0.29, 0.717) is 0 Å². The van der Waals surface area contributed by atoms with Crippen molar-refractivity contribution in [3.05, 3.63) is 71.8 Å². The molecule has 0 heterocycles. The van der Waals surface area contributed by atoms with E-state index in [1.807, 2.05) is 24.3 Å². The quantitative estimate of drug-likeness (QED) is 0.600. The summed E-state index contributed by atoms with van der Waals surface area (Å²) < 4.78 is 25.4. The van der Waals surface area contributed by atoms with Crippen molar-refractivity contribution in [1.82, 2.24) is 4.72 Å². The molecule has 25 heavy (non-hydrogen) atoms. The summed E-state index contributed by atoms with van der Waals surface area (Å²) in [7, 11) is -3.22. The third-order valence-corrected chi connectivity index (χ3v) is 5.21. The second kappa shape index (κ2) is 7.68. The molecule has 3 nitrogen and oxygen atoms in total. The Morgan fingerprint density at radius 1 is 0.960 bits per heavy atom. The summed E-state index contributed by atoms with van der Waals surface area (Å²) in [4.78, 5) is 0. The summed E-state index contributed by atoms with van der Waals surface area (Å²) >= 11 is 3.48. The Bertz CT molecular complexity index is 1000. The zero-order valence-electron chi connectivity index (χ0n) is 14.0. The number of sulfonamides is 1. The molecule has 0 unspecified atom stereocenters. The molecule has 130 valence electrons. The van der Waals surface area contributed by atoms with Crippen LogP contribution in [-0.2, 0) is 23.0 Å². The summed E-state index contributed by atoms with van der Waals surface area (Å²) in [5, 5.41) is 3.35. The lowest BCUT2D eigenvalue weighted by Gasteiger charge is -2.11. The van der Waals surface area contributed by atoms with Crippen LogP contribution in [0.25, 0.3) is 21.9 Å². The molecule has 5 heteroatoms. The van der Waals surface area contributed by atoms with Gasteiger partial charge in [-0.2, -0.15) is 0 Å². The van der Waals surface area contributed by atoms with Gasteiger partial charge in [-0.25, -0.2) is 13.1 Å². The van der Waals surface area contributed by atoms with Gasteiger partial charge in [-0.3, -0.25) is 0 Å². The van der Waals surface area contributed by atoms with Crippen molar-refractivity contribution in [2.24, 2.45) is 0 Å². The lowest BCUT2D eigenvalue weighted by molar-refractivity contribution is 0.587. The lowest BCUT2D eigenvalue weighted by Crippen LogP contribution is -2.21. The zero-order chi connectivity index (χ0) is 17.9. The molecule has 3 aromatic rings. The van der Waals surface area contributed by atoms with Crippen molar-refractivity contribution >= 4 is 36.7 Å². The SMILES string of the molecule is CS(=O)(=O)NCc1ccccc1-c1ccc2cc(CCBr)ccc2c1. The average molecular weight is 418 g/mol. The van der Waals surface area contributed by atoms with Gasteiger partial charge in [-0.05, 0) is 45.5 Å². The molecular weight excluding hydrogens is 398 g/mol. The fourth-order valence-electron chi connectivity index (χ4n) is 2.89. The van der Waals surface area contributed by atoms with Gasteiger partial charge in [-0.15, -0.1) is 0 Å². The molecule has 0 aliphatic carbocycles. The maximum absolute atomic E-state index is 11.4. The largest absolute Gasteiger partial charge is 0.213 e. The van der Waals surface area contributed by atoms with Gasteiger partial charge < -0.3 is 0 Å². The lowest BCUT2D eigenvalue weighted by atomic mass is 9.96. The third kappa shape index (κ3) is 4.69. The van der Waals surface area contributed by atoms with Gasteiger partial charge >= 0.3 is 0 Å². The second-order valence-electron chi connectivity index (χ2n) is 6.09. The molecule has 0 aliphatic heterocycles. The van der Waals surface area contributed by atoms with Gasteiger partial charge in [0.25, 0.3) is 0 Å². The Morgan fingerprint density at radius 2 is 1.68 bits per heavy atom. The van der Waals surface area contributed by atoms with Crippen molar-refractivity contribution in [2.45, 2.75) is 13.0 Å². The van der Waals surface area contributed by atoms with Crippen molar-refractivity contribution in [3.63, 3.8) is 0 Å². The van der Waals surface area contributed by atoms with Gasteiger partial charge in [0.05, 0.1) is 6.26 Å². The van der Waals surface area contributed by atoms with E-state index >= 15 is 0 Å². The van der Waals surface area contributed by atoms with Crippen LogP contribution < -0.4 is 4.72 Å². The van der Waals surface area contributed by atoms with Gasteiger partial charge in [0.15, 0.2) is 0 Å². The first-order chi connectivity index (χ1) is 12.0. The van der Waals surface area contributed by atoms with E-state index in [2.05, 4.69) is 57.1 Å². The number of benzene rings is 3. The standard InChI is InChI=1S/C20H20BrNO2S/c1-25(23,24)22-14-19-4-2-3-5-20(19)18-9-8-16-12-15(10-11-21)6-7-17(16)13-18/h2-9,12-13,22H,10-11,14H2,1H3. The van der Waals surface area contributed by atoms with Crippen LogP contribution in [0.3, 0.4) is 0 Å². The van der Waals surface area contributed by atoms with E-state index < -0.39 is 10.0 Å². The first-order valence-electron chi connectivity index (χ1n) is 8.08. The van der Waals surface area contributed by atoms with E-state index in [1.165, 1.54) is 22.6 Å². The smallest absolute Gasteiger partial charge is 0.209 e. The highest BCUT2D eigenvalue weighted by molar-refractivity contribution is 9.09. The summed E-state index contributed by atoms with van der Waals surface area (Å²) in [6.07, 6.45) is 2.19. The van der Waals surface area contributed by atoms with E-state index in [0.717, 1.165) is 28.4 Å². The van der Waals surface area contributed by atoms with Crippen LogP contribution in [0.2, 0.25) is 0 Å². The predicted molar refractivity (Wildman–Crippen MR) is 109 cm³/mol. The molecule has 0 bridgehead atoms. The summed E-state index contributed by atoms with van der Waals surface area (Å²) in [5.74, 6) is 0. The highest BCUT2D eigenvalue weighted by Gasteiger charge is 2.08. The van der Waals surface area contributed by atoms with Crippen LogP contribution in [0.4, 0.5) is 0 Å². The molecule has 0 atom stereocenters. The Hall–Kier alpha value is -1.69. The number of hydrogen-bond donors (Lipinski definition) is 1. The van der Waals surface area contributed by atoms with Crippen LogP contribution in [0.1, 0.15) is 11.1 Å². The molecule has 0 fully saturated rings. The molecule has 0 spiro atoms. The van der Waals surface area contributed by atoms with Gasteiger partial charge in [0, 0.05) is 11.9 Å². The normalized spacial score (nSPS) is 11.8. The fourth-order valence-corrected chi connectivity index (χ4v) is 3.77. The topological polar surface area (TPSA) is 46.2 Å². The molecule has 0 saturated heterocycles. The van der Waals surface area contributed by atoms with Gasteiger partial charge in [-0.1, -0.05) is 70.5 Å². The maximum atomic E-state index is 11.4. The first-order valence-corrected chi connectivity index (χ1v) is 11.1. The molecule has 0 amide bonds. The van der Waals surface area contributed by atoms with Crippen molar-refractivity contribution in [3.8, 4) is 11.1 Å². The minimum atomic E-state index is -3.22. The van der Waals surface area contributed by atoms with E-state index in [4.69, 9.17) is 0 Å². The van der Waals surface area contributed by atoms with Crippen molar-refractivity contribution in [1.29, 1.82) is 0 Å². The van der Waals surface area contributed by atoms with Crippen molar-refractivity contribution in [2.75, 3.05) is 11.6 Å². The van der Waals surface area contributed by atoms with Crippen molar-refractivity contribution < 1.29 is 8.42 Å². The fraction of sp³-hybridized carbons (Fsp3) is 0.200. The molecule has 0 aliphatic rings. The molecule has 0 aromatic heterocycles. The Kier molecular flexibility index (Phi) is 5.57. The first kappa shape index (κ1) is 18.1. The Labute approximate surface area is 157 Å². The molecular formula is C20H20BrNO2S. The number of hydrogen-bond acceptors (Lipinski definition) is 2. The summed E-state index contributed by atoms with van der Waals surface area (Å²) in [5.41, 5.74) is 4.41. The monoisotopic (exact) mass is 417 g/mol. The molecule has 0 radical (unpaired) electrons. The van der Waals surface area contributed by atoms with Gasteiger partial charge in [0.1, 0.15) is 0 Å². The van der Waals surface area contributed by atoms with Gasteiger partial charge in [0.2, 0.25) is 10.0 Å². The Morgan fingerprint density at radius 3 is 2.44 bits per heavy atom. The molecule has 1 N–H and O–H groups in total. The van der Waals surface area contributed by atoms with Crippen LogP contribution in [0.5, 0.6) is 0 Å². The van der Waals surface area contributed by atoms with Crippen LogP contribution in [0, 0.1) is 0 Å². The number of aryl methyl sites for hydroxylation is 1. The zero-order valence-corrected chi connectivity index (χ0v) is 16.4. The van der Waals surface area contributed by atoms with Crippen LogP contribution in [-0.4, -0.2) is 20.0 Å². The highest BCUT2D eigenvalue weighted by Crippen LogP contribution is 2.28. The summed E-state index contributed by atoms with van der Waals surface area (Å²) in [6.45, 7) is 0.289. The Balaban J connectivity index is 1.97. The van der Waals surface area contributed by atoms with Crippen LogP contribution >= 0.6 is 15.9 Å². The van der Waals surface area contributed by atoms with Crippen LogP contribution in [0.15, 0.2) is 60.7 Å². The maximum Gasteiger partial charge on any atom is 0.209 e. The molecule has 3 aromatic carbocycles. The summed E-state index contributed by atoms with van der Waals surface area (Å²) in [6, 6.07) is 20.8. The minimum Gasteiger partial charge on any atom is -0.213 e.